The van der Waals surface area contributed by atoms with E-state index >= 15 is 0 Å². The Morgan fingerprint density at radius 3 is 2.25 bits per heavy atom. The van der Waals surface area contributed by atoms with E-state index in [0.29, 0.717) is 10.7 Å². The number of nitrogens with two attached hydrogens (primary N) is 1. The molecule has 5 N–H and O–H groups in total. The summed E-state index contributed by atoms with van der Waals surface area (Å²) in [4.78, 5) is 23.3. The highest BCUT2D eigenvalue weighted by molar-refractivity contribution is 7.89. The fourth-order valence-corrected chi connectivity index (χ4v) is 3.46. The van der Waals surface area contributed by atoms with Gasteiger partial charge in [0, 0.05) is 16.8 Å². The van der Waals surface area contributed by atoms with Crippen LogP contribution in [0.4, 0.5) is 5.69 Å². The van der Waals surface area contributed by atoms with Crippen molar-refractivity contribution < 1.29 is 18.0 Å². The third-order valence-electron chi connectivity index (χ3n) is 3.60. The van der Waals surface area contributed by atoms with Gasteiger partial charge in [-0.25, -0.2) is 14.3 Å². The number of anilines is 1. The number of nitrogens with one attached hydrogen (secondary N) is 3. The van der Waals surface area contributed by atoms with Crippen LogP contribution in [-0.2, 0) is 19.6 Å². The summed E-state index contributed by atoms with van der Waals surface area (Å²) in [6, 6.07) is 11.4. The molecule has 2 aromatic rings. The molecule has 1 atom stereocenters. The maximum atomic E-state index is 12.2. The predicted molar refractivity (Wildman–Crippen MR) is 108 cm³/mol. The zero-order chi connectivity index (χ0) is 20.7. The minimum Gasteiger partial charge on any atom is -0.323 e. The molecule has 2 aromatic carbocycles. The van der Waals surface area contributed by atoms with Gasteiger partial charge < -0.3 is 5.32 Å². The molecule has 28 heavy (non-hydrogen) atoms. The molecular weight excluding hydrogens is 404 g/mol. The van der Waals surface area contributed by atoms with Gasteiger partial charge in [0.1, 0.15) is 0 Å². The van der Waals surface area contributed by atoms with Crippen LogP contribution in [0.3, 0.4) is 0 Å². The smallest absolute Gasteiger partial charge is 0.251 e. The van der Waals surface area contributed by atoms with Gasteiger partial charge in [-0.2, -0.15) is 4.72 Å². The van der Waals surface area contributed by atoms with Crippen LogP contribution in [0, 0.1) is 0 Å². The van der Waals surface area contributed by atoms with Gasteiger partial charge in [-0.3, -0.25) is 15.0 Å². The summed E-state index contributed by atoms with van der Waals surface area (Å²) in [5.41, 5.74) is 3.09. The molecule has 0 aromatic heterocycles. The van der Waals surface area contributed by atoms with Gasteiger partial charge in [-0.05, 0) is 55.0 Å². The van der Waals surface area contributed by atoms with Gasteiger partial charge in [-0.1, -0.05) is 23.7 Å². The van der Waals surface area contributed by atoms with Crippen LogP contribution in [0.15, 0.2) is 59.5 Å². The molecule has 148 valence electrons. The first-order valence-electron chi connectivity index (χ1n) is 8.09. The Morgan fingerprint density at radius 1 is 1.07 bits per heavy atom. The lowest BCUT2D eigenvalue weighted by Crippen LogP contribution is -2.47. The van der Waals surface area contributed by atoms with Crippen molar-refractivity contribution in [2.45, 2.75) is 17.9 Å². The number of carbonyl (C=O) groups is 2. The molecule has 0 bridgehead atoms. The number of sulfonamides is 1. The van der Waals surface area contributed by atoms with Gasteiger partial charge in [0.15, 0.2) is 0 Å². The molecule has 0 spiro atoms. The maximum absolute atomic E-state index is 12.2. The maximum Gasteiger partial charge on any atom is 0.251 e. The first kappa shape index (κ1) is 21.6. The Kier molecular flexibility index (Phi) is 7.30. The SMILES string of the molecule is C[C@H](NS(=O)(=O)c1ccc(NC(=O)/C=C/c2ccc(Cl)cc2)cc1)C(=O)NN. The summed E-state index contributed by atoms with van der Waals surface area (Å²) < 4.78 is 26.7. The largest absolute Gasteiger partial charge is 0.323 e. The highest BCUT2D eigenvalue weighted by Gasteiger charge is 2.21. The third kappa shape index (κ3) is 6.17. The Balaban J connectivity index is 2.00. The van der Waals surface area contributed by atoms with Crippen LogP contribution in [0.1, 0.15) is 12.5 Å². The Bertz CT molecular complexity index is 974. The van der Waals surface area contributed by atoms with Crippen molar-refractivity contribution in [2.75, 3.05) is 5.32 Å². The second-order valence-electron chi connectivity index (χ2n) is 5.75. The summed E-state index contributed by atoms with van der Waals surface area (Å²) in [7, 11) is -3.91. The second-order valence-corrected chi connectivity index (χ2v) is 7.90. The quantitative estimate of drug-likeness (QED) is 0.233. The molecule has 2 amide bonds. The van der Waals surface area contributed by atoms with Gasteiger partial charge in [0.05, 0.1) is 10.9 Å². The van der Waals surface area contributed by atoms with E-state index in [1.165, 1.54) is 37.3 Å². The van der Waals surface area contributed by atoms with E-state index in [2.05, 4.69) is 10.0 Å². The molecule has 0 heterocycles. The van der Waals surface area contributed by atoms with E-state index in [4.69, 9.17) is 17.4 Å². The zero-order valence-electron chi connectivity index (χ0n) is 14.8. The number of amides is 2. The van der Waals surface area contributed by atoms with Crippen molar-refractivity contribution in [3.05, 3.63) is 65.2 Å². The summed E-state index contributed by atoms with van der Waals surface area (Å²) in [6.45, 7) is 1.36. The van der Waals surface area contributed by atoms with Crippen molar-refractivity contribution in [1.82, 2.24) is 10.1 Å². The van der Waals surface area contributed by atoms with E-state index in [1.807, 2.05) is 5.43 Å². The first-order chi connectivity index (χ1) is 13.2. The van der Waals surface area contributed by atoms with Crippen LogP contribution in [0.2, 0.25) is 5.02 Å². The summed E-state index contributed by atoms with van der Waals surface area (Å²) in [5.74, 6) is 3.93. The molecule has 0 saturated heterocycles. The second kappa shape index (κ2) is 9.47. The number of carbonyl (C=O) groups excluding carboxylic acids is 2. The highest BCUT2D eigenvalue weighted by Crippen LogP contribution is 2.15. The van der Waals surface area contributed by atoms with Gasteiger partial charge in [0.25, 0.3) is 5.91 Å². The summed E-state index contributed by atoms with van der Waals surface area (Å²) in [6.07, 6.45) is 2.97. The Labute approximate surface area is 167 Å². The minimum atomic E-state index is -3.91. The van der Waals surface area contributed by atoms with Crippen molar-refractivity contribution in [3.8, 4) is 0 Å². The van der Waals surface area contributed by atoms with Crippen LogP contribution in [0.25, 0.3) is 6.08 Å². The van der Waals surface area contributed by atoms with Crippen LogP contribution in [0.5, 0.6) is 0 Å². The van der Waals surface area contributed by atoms with E-state index in [0.717, 1.165) is 5.56 Å². The number of hydrogen-bond acceptors (Lipinski definition) is 5. The fourth-order valence-electron chi connectivity index (χ4n) is 2.13. The topological polar surface area (TPSA) is 130 Å². The number of hydrogen-bond donors (Lipinski definition) is 4. The Hall–Kier alpha value is -2.72. The van der Waals surface area contributed by atoms with Crippen LogP contribution >= 0.6 is 11.6 Å². The zero-order valence-corrected chi connectivity index (χ0v) is 16.4. The lowest BCUT2D eigenvalue weighted by molar-refractivity contribution is -0.122. The molecule has 0 aliphatic heterocycles. The molecule has 8 nitrogen and oxygen atoms in total. The van der Waals surface area contributed by atoms with Gasteiger partial charge in [0.2, 0.25) is 15.9 Å². The van der Waals surface area contributed by atoms with Crippen molar-refractivity contribution in [3.63, 3.8) is 0 Å². The molecule has 0 aliphatic rings. The molecule has 10 heteroatoms. The first-order valence-corrected chi connectivity index (χ1v) is 9.95. The summed E-state index contributed by atoms with van der Waals surface area (Å²) in [5, 5.41) is 3.22. The van der Waals surface area contributed by atoms with E-state index < -0.39 is 22.0 Å². The van der Waals surface area contributed by atoms with Crippen LogP contribution < -0.4 is 21.3 Å². The molecule has 0 fully saturated rings. The predicted octanol–water partition coefficient (Wildman–Crippen LogP) is 1.65. The van der Waals surface area contributed by atoms with E-state index in [-0.39, 0.29) is 10.8 Å². The van der Waals surface area contributed by atoms with E-state index in [1.54, 1.807) is 30.3 Å². The van der Waals surface area contributed by atoms with Gasteiger partial charge in [-0.15, -0.1) is 0 Å². The average molecular weight is 423 g/mol. The van der Waals surface area contributed by atoms with Gasteiger partial charge >= 0.3 is 0 Å². The normalized spacial score (nSPS) is 12.5. The molecule has 2 rings (SSSR count). The fraction of sp³-hybridized carbons (Fsp3) is 0.111. The third-order valence-corrected chi connectivity index (χ3v) is 5.41. The molecular formula is C18H19ClN4O4S. The highest BCUT2D eigenvalue weighted by atomic mass is 35.5. The average Bonchev–Trinajstić information content (AvgIpc) is 2.67. The van der Waals surface area contributed by atoms with Crippen molar-refractivity contribution in [2.24, 2.45) is 5.84 Å². The molecule has 0 saturated carbocycles. The lowest BCUT2D eigenvalue weighted by atomic mass is 10.2. The monoisotopic (exact) mass is 422 g/mol. The van der Waals surface area contributed by atoms with Crippen molar-refractivity contribution in [1.29, 1.82) is 0 Å². The number of rotatable bonds is 7. The van der Waals surface area contributed by atoms with E-state index in [9.17, 15) is 18.0 Å². The number of halogens is 1. The lowest BCUT2D eigenvalue weighted by Gasteiger charge is -2.13. The minimum absolute atomic E-state index is 0.0566. The van der Waals surface area contributed by atoms with Crippen molar-refractivity contribution >= 4 is 45.2 Å². The Morgan fingerprint density at radius 2 is 1.68 bits per heavy atom. The molecule has 0 unspecified atom stereocenters. The molecule has 0 radical (unpaired) electrons. The van der Waals surface area contributed by atoms with Crippen LogP contribution in [-0.4, -0.2) is 26.3 Å². The number of benzene rings is 2. The summed E-state index contributed by atoms with van der Waals surface area (Å²) >= 11 is 5.80. The standard InChI is InChI=1S/C18H19ClN4O4S/c1-12(18(25)22-20)23-28(26,27)16-9-7-15(8-10-16)21-17(24)11-4-13-2-5-14(19)6-3-13/h2-12,23H,20H2,1H3,(H,21,24)(H,22,25)/b11-4+/t12-/m0/s1. The number of hydrazine groups is 1. The molecule has 0 aliphatic carbocycles.